The first kappa shape index (κ1) is 14.7. The van der Waals surface area contributed by atoms with Crippen molar-refractivity contribution >= 4 is 28.6 Å². The molecular weight excluding hydrogens is 280 g/mol. The highest BCUT2D eigenvalue weighted by atomic mass is 32.2. The number of benzene rings is 1. The largest absolute Gasteiger partial charge is 0.306 e. The van der Waals surface area contributed by atoms with Gasteiger partial charge in [-0.2, -0.15) is 0 Å². The number of hydrogen-bond acceptors (Lipinski definition) is 3. The van der Waals surface area contributed by atoms with Crippen LogP contribution in [0.2, 0.25) is 0 Å². The summed E-state index contributed by atoms with van der Waals surface area (Å²) in [5.74, 6) is 1.68. The van der Waals surface area contributed by atoms with Gasteiger partial charge in [-0.05, 0) is 39.1 Å². The topological polar surface area (TPSA) is 25.2 Å². The number of rotatable bonds is 2. The molecule has 0 spiro atoms. The Morgan fingerprint density at radius 3 is 2.76 bits per heavy atom. The smallest absolute Gasteiger partial charge is 0.228 e. The van der Waals surface area contributed by atoms with E-state index in [1.54, 1.807) is 6.92 Å². The van der Waals surface area contributed by atoms with Gasteiger partial charge in [-0.15, -0.1) is 11.8 Å². The Labute approximate surface area is 130 Å². The average molecular weight is 302 g/mol. The zero-order valence-corrected chi connectivity index (χ0v) is 13.9. The number of carbonyl (C=O) groups is 1. The molecule has 1 aromatic carbocycles. The third-order valence-electron chi connectivity index (χ3n) is 4.62. The lowest BCUT2D eigenvalue weighted by Crippen LogP contribution is -2.32. The summed E-state index contributed by atoms with van der Waals surface area (Å²) in [6.07, 6.45) is 1.17. The number of para-hydroxylation sites is 1. The Kier molecular flexibility index (Phi) is 3.84. The molecule has 0 radical (unpaired) electrons. The highest BCUT2D eigenvalue weighted by Crippen LogP contribution is 2.45. The summed E-state index contributed by atoms with van der Waals surface area (Å²) in [6, 6.07) is 8.78. The minimum atomic E-state index is 0.109. The number of nitrogens with zero attached hydrogens (tertiary/aromatic N) is 2. The summed E-state index contributed by atoms with van der Waals surface area (Å²) < 4.78 is 1.91. The van der Waals surface area contributed by atoms with E-state index in [1.165, 1.54) is 17.4 Å². The molecule has 0 bridgehead atoms. The molecule has 2 unspecified atom stereocenters. The summed E-state index contributed by atoms with van der Waals surface area (Å²) >= 11 is 1.83. The summed E-state index contributed by atoms with van der Waals surface area (Å²) in [7, 11) is 4.27. The Hall–Kier alpha value is -1.26. The number of hydrogen-bond donors (Lipinski definition) is 0. The van der Waals surface area contributed by atoms with Crippen LogP contribution < -0.4 is 0 Å². The van der Waals surface area contributed by atoms with Gasteiger partial charge >= 0.3 is 0 Å². The van der Waals surface area contributed by atoms with Crippen LogP contribution >= 0.6 is 11.8 Å². The van der Waals surface area contributed by atoms with E-state index in [9.17, 15) is 4.79 Å². The Bertz CT molecular complexity index is 689. The van der Waals surface area contributed by atoms with E-state index >= 15 is 0 Å². The maximum atomic E-state index is 12.1. The maximum absolute atomic E-state index is 12.1. The SMILES string of the molecule is CC(=O)n1c2c(c3ccccc31)C(C(C)N(C)C)CCS2. The van der Waals surface area contributed by atoms with Crippen molar-refractivity contribution in [1.29, 1.82) is 0 Å². The van der Waals surface area contributed by atoms with E-state index < -0.39 is 0 Å². The quantitative estimate of drug-likeness (QED) is 0.843. The molecule has 4 heteroatoms. The van der Waals surface area contributed by atoms with E-state index in [0.29, 0.717) is 12.0 Å². The van der Waals surface area contributed by atoms with E-state index in [0.717, 1.165) is 16.3 Å². The van der Waals surface area contributed by atoms with E-state index in [1.807, 2.05) is 22.4 Å². The van der Waals surface area contributed by atoms with Crippen molar-refractivity contribution in [3.8, 4) is 0 Å². The molecule has 1 aliphatic heterocycles. The van der Waals surface area contributed by atoms with Crippen molar-refractivity contribution in [2.45, 2.75) is 37.3 Å². The van der Waals surface area contributed by atoms with Crippen LogP contribution in [0.1, 0.15) is 36.5 Å². The summed E-state index contributed by atoms with van der Waals surface area (Å²) in [6.45, 7) is 3.94. The van der Waals surface area contributed by atoms with Crippen LogP contribution in [-0.4, -0.2) is 41.3 Å². The zero-order chi connectivity index (χ0) is 15.1. The van der Waals surface area contributed by atoms with Crippen molar-refractivity contribution < 1.29 is 4.79 Å². The second kappa shape index (κ2) is 5.50. The highest BCUT2D eigenvalue weighted by Gasteiger charge is 2.32. The molecule has 21 heavy (non-hydrogen) atoms. The molecule has 0 amide bonds. The van der Waals surface area contributed by atoms with Gasteiger partial charge in [-0.1, -0.05) is 18.2 Å². The second-order valence-electron chi connectivity index (χ2n) is 6.04. The first-order valence-corrected chi connectivity index (χ1v) is 8.44. The number of aromatic nitrogens is 1. The third-order valence-corrected chi connectivity index (χ3v) is 5.73. The minimum absolute atomic E-state index is 0.109. The predicted octanol–water partition coefficient (Wildman–Crippen LogP) is 3.83. The van der Waals surface area contributed by atoms with Crippen LogP contribution in [0, 0.1) is 0 Å². The van der Waals surface area contributed by atoms with Crippen molar-refractivity contribution in [2.75, 3.05) is 19.8 Å². The predicted molar refractivity (Wildman–Crippen MR) is 89.5 cm³/mol. The molecule has 0 fully saturated rings. The van der Waals surface area contributed by atoms with Gasteiger partial charge in [0.05, 0.1) is 10.5 Å². The molecule has 0 aliphatic carbocycles. The van der Waals surface area contributed by atoms with Crippen LogP contribution in [-0.2, 0) is 0 Å². The molecule has 1 aromatic heterocycles. The standard InChI is InChI=1S/C17H22N2OS/c1-11(18(3)4)13-9-10-21-17-16(13)14-7-5-6-8-15(14)19(17)12(2)20/h5-8,11,13H,9-10H2,1-4H3. The number of carbonyl (C=O) groups excluding carboxylic acids is 1. The molecule has 3 rings (SSSR count). The number of likely N-dealkylation sites (N-methyl/N-ethyl adjacent to an activating group) is 1. The average Bonchev–Trinajstić information content (AvgIpc) is 2.80. The highest BCUT2D eigenvalue weighted by molar-refractivity contribution is 7.99. The second-order valence-corrected chi connectivity index (χ2v) is 7.12. The summed E-state index contributed by atoms with van der Waals surface area (Å²) in [5.41, 5.74) is 2.43. The lowest BCUT2D eigenvalue weighted by Gasteiger charge is -2.32. The van der Waals surface area contributed by atoms with Crippen molar-refractivity contribution in [1.82, 2.24) is 9.47 Å². The van der Waals surface area contributed by atoms with Gasteiger partial charge in [0.2, 0.25) is 5.91 Å². The summed E-state index contributed by atoms with van der Waals surface area (Å²) in [5, 5.41) is 2.40. The van der Waals surface area contributed by atoms with Crippen molar-refractivity contribution in [2.24, 2.45) is 0 Å². The van der Waals surface area contributed by atoms with Gasteiger partial charge in [0, 0.05) is 30.0 Å². The molecule has 1 aliphatic rings. The minimum Gasteiger partial charge on any atom is -0.306 e. The van der Waals surface area contributed by atoms with Gasteiger partial charge in [0.25, 0.3) is 0 Å². The van der Waals surface area contributed by atoms with Crippen molar-refractivity contribution in [3.05, 3.63) is 29.8 Å². The first-order valence-electron chi connectivity index (χ1n) is 7.46. The van der Waals surface area contributed by atoms with E-state index in [-0.39, 0.29) is 5.91 Å². The molecule has 2 heterocycles. The van der Waals surface area contributed by atoms with Crippen LogP contribution in [0.5, 0.6) is 0 Å². The molecule has 2 atom stereocenters. The number of thioether (sulfide) groups is 1. The molecule has 0 saturated carbocycles. The lowest BCUT2D eigenvalue weighted by atomic mass is 9.89. The van der Waals surface area contributed by atoms with Crippen LogP contribution in [0.3, 0.4) is 0 Å². The molecule has 0 N–H and O–H groups in total. The van der Waals surface area contributed by atoms with Gasteiger partial charge in [0.15, 0.2) is 0 Å². The van der Waals surface area contributed by atoms with E-state index in [2.05, 4.69) is 44.1 Å². The van der Waals surface area contributed by atoms with Crippen molar-refractivity contribution in [3.63, 3.8) is 0 Å². The fraction of sp³-hybridized carbons (Fsp3) is 0.471. The molecular formula is C17H22N2OS. The summed E-state index contributed by atoms with van der Waals surface area (Å²) in [4.78, 5) is 14.4. The number of fused-ring (bicyclic) bond motifs is 3. The fourth-order valence-corrected chi connectivity index (χ4v) is 4.66. The van der Waals surface area contributed by atoms with Gasteiger partial charge in [-0.3, -0.25) is 9.36 Å². The first-order chi connectivity index (χ1) is 10.0. The molecule has 0 saturated heterocycles. The molecule has 2 aromatic rings. The maximum Gasteiger partial charge on any atom is 0.228 e. The van der Waals surface area contributed by atoms with Gasteiger partial charge in [0.1, 0.15) is 0 Å². The van der Waals surface area contributed by atoms with Crippen LogP contribution in [0.4, 0.5) is 0 Å². The van der Waals surface area contributed by atoms with E-state index in [4.69, 9.17) is 0 Å². The van der Waals surface area contributed by atoms with Crippen LogP contribution in [0.25, 0.3) is 10.9 Å². The Morgan fingerprint density at radius 1 is 1.38 bits per heavy atom. The van der Waals surface area contributed by atoms with Gasteiger partial charge < -0.3 is 4.90 Å². The van der Waals surface area contributed by atoms with Crippen LogP contribution in [0.15, 0.2) is 29.3 Å². The Balaban J connectivity index is 2.27. The normalized spacial score (nSPS) is 19.8. The molecule has 3 nitrogen and oxygen atoms in total. The monoisotopic (exact) mass is 302 g/mol. The van der Waals surface area contributed by atoms with Gasteiger partial charge in [-0.25, -0.2) is 0 Å². The lowest BCUT2D eigenvalue weighted by molar-refractivity contribution is 0.0932. The fourth-order valence-electron chi connectivity index (χ4n) is 3.32. The molecule has 112 valence electrons. The Morgan fingerprint density at radius 2 is 2.10 bits per heavy atom. The third kappa shape index (κ3) is 2.30. The zero-order valence-electron chi connectivity index (χ0n) is 13.1.